The molecular weight excluding hydrogens is 202 g/mol. The average molecular weight is 215 g/mol. The Morgan fingerprint density at radius 3 is 3.00 bits per heavy atom. The summed E-state index contributed by atoms with van der Waals surface area (Å²) in [5.74, 6) is 0.693. The third-order valence-corrected chi connectivity index (χ3v) is 3.01. The van der Waals surface area contributed by atoms with E-state index in [0.717, 1.165) is 0 Å². The van der Waals surface area contributed by atoms with Crippen LogP contribution in [0.1, 0.15) is 6.92 Å². The summed E-state index contributed by atoms with van der Waals surface area (Å²) < 4.78 is 26.3. The predicted molar refractivity (Wildman–Crippen MR) is 55.8 cm³/mol. The van der Waals surface area contributed by atoms with Crippen LogP contribution in [0, 0.1) is 4.78 Å². The maximum absolute atomic E-state index is 11.4. The number of hydrogen-bond acceptors (Lipinski definition) is 4. The molecule has 0 aliphatic heterocycles. The van der Waals surface area contributed by atoms with Crippen molar-refractivity contribution < 1.29 is 8.95 Å². The van der Waals surface area contributed by atoms with Crippen molar-refractivity contribution in [2.45, 2.75) is 6.92 Å². The lowest BCUT2D eigenvalue weighted by Crippen LogP contribution is -2.12. The number of pyridine rings is 1. The average Bonchev–Trinajstić information content (AvgIpc) is 2.17. The number of anilines is 1. The van der Waals surface area contributed by atoms with Crippen LogP contribution in [0.5, 0.6) is 5.88 Å². The predicted octanol–water partition coefficient (Wildman–Crippen LogP) is 1.48. The lowest BCUT2D eigenvalue weighted by atomic mass is 10.4. The summed E-state index contributed by atoms with van der Waals surface area (Å²) in [4.78, 5) is 3.90. The van der Waals surface area contributed by atoms with Crippen LogP contribution in [-0.4, -0.2) is 22.1 Å². The van der Waals surface area contributed by atoms with Crippen LogP contribution in [0.4, 0.5) is 5.69 Å². The van der Waals surface area contributed by atoms with Crippen LogP contribution in [0.2, 0.25) is 0 Å². The van der Waals surface area contributed by atoms with E-state index in [1.54, 1.807) is 19.1 Å². The first-order valence-electron chi connectivity index (χ1n) is 4.11. The molecule has 0 bridgehead atoms. The van der Waals surface area contributed by atoms with Crippen LogP contribution in [-0.2, 0) is 9.92 Å². The fourth-order valence-corrected chi connectivity index (χ4v) is 1.50. The molecule has 0 spiro atoms. The first-order valence-corrected chi connectivity index (χ1v) is 5.84. The molecule has 14 heavy (non-hydrogen) atoms. The van der Waals surface area contributed by atoms with Crippen LogP contribution in [0.3, 0.4) is 0 Å². The van der Waals surface area contributed by atoms with Crippen molar-refractivity contribution >= 4 is 15.6 Å². The van der Waals surface area contributed by atoms with Crippen molar-refractivity contribution in [2.24, 2.45) is 0 Å². The van der Waals surface area contributed by atoms with Gasteiger partial charge in [0.05, 0.1) is 12.8 Å². The zero-order valence-corrected chi connectivity index (χ0v) is 8.93. The minimum Gasteiger partial charge on any atom is -0.481 e. The van der Waals surface area contributed by atoms with Gasteiger partial charge in [0.15, 0.2) is 0 Å². The van der Waals surface area contributed by atoms with Gasteiger partial charge < -0.3 is 4.74 Å². The second-order valence-electron chi connectivity index (χ2n) is 2.65. The van der Waals surface area contributed by atoms with E-state index in [0.29, 0.717) is 11.6 Å². The Kier molecular flexibility index (Phi) is 3.29. The normalized spacial score (nSPS) is 14.4. The van der Waals surface area contributed by atoms with Crippen molar-refractivity contribution in [3.63, 3.8) is 0 Å². The summed E-state index contributed by atoms with van der Waals surface area (Å²) in [7, 11) is -1.23. The van der Waals surface area contributed by atoms with Crippen molar-refractivity contribution in [1.29, 1.82) is 4.78 Å². The van der Waals surface area contributed by atoms with E-state index < -0.39 is 9.92 Å². The molecule has 1 rings (SSSR count). The van der Waals surface area contributed by atoms with E-state index in [-0.39, 0.29) is 5.75 Å². The molecule has 1 heterocycles. The molecule has 0 aromatic carbocycles. The first kappa shape index (κ1) is 10.8. The molecule has 0 aliphatic carbocycles. The maximum Gasteiger partial charge on any atom is 0.215 e. The van der Waals surface area contributed by atoms with Gasteiger partial charge in [0, 0.05) is 18.0 Å². The van der Waals surface area contributed by atoms with Gasteiger partial charge in [-0.2, -0.15) is 0 Å². The third-order valence-electron chi connectivity index (χ3n) is 1.63. The first-order chi connectivity index (χ1) is 6.57. The van der Waals surface area contributed by atoms with Gasteiger partial charge in [0.25, 0.3) is 0 Å². The molecule has 0 saturated heterocycles. The smallest absolute Gasteiger partial charge is 0.215 e. The lowest BCUT2D eigenvalue weighted by Gasteiger charge is -2.08. The Bertz CT molecular complexity index is 403. The molecule has 5 nitrogen and oxygen atoms in total. The molecule has 0 saturated carbocycles. The van der Waals surface area contributed by atoms with Crippen LogP contribution >= 0.6 is 0 Å². The molecule has 78 valence electrons. The summed E-state index contributed by atoms with van der Waals surface area (Å²) in [6.45, 7) is 1.70. The fourth-order valence-electron chi connectivity index (χ4n) is 0.847. The molecule has 1 aromatic heterocycles. The molecule has 0 amide bonds. The van der Waals surface area contributed by atoms with E-state index in [2.05, 4.69) is 9.71 Å². The molecule has 0 fully saturated rings. The van der Waals surface area contributed by atoms with Crippen LogP contribution in [0.25, 0.3) is 0 Å². The van der Waals surface area contributed by atoms with Crippen LogP contribution < -0.4 is 9.46 Å². The van der Waals surface area contributed by atoms with Gasteiger partial charge in [-0.15, -0.1) is 0 Å². The van der Waals surface area contributed by atoms with Gasteiger partial charge in [0.2, 0.25) is 5.88 Å². The van der Waals surface area contributed by atoms with Crippen molar-refractivity contribution in [3.8, 4) is 5.88 Å². The minimum absolute atomic E-state index is 0.262. The topological polar surface area (TPSA) is 75.1 Å². The van der Waals surface area contributed by atoms with E-state index in [1.165, 1.54) is 13.3 Å². The Morgan fingerprint density at radius 2 is 2.43 bits per heavy atom. The van der Waals surface area contributed by atoms with Gasteiger partial charge in [-0.3, -0.25) is 4.72 Å². The number of methoxy groups -OCH3 is 1. The molecular formula is C8H13N3O2S. The maximum atomic E-state index is 11.4. The van der Waals surface area contributed by atoms with E-state index in [9.17, 15) is 4.21 Å². The molecule has 6 heteroatoms. The van der Waals surface area contributed by atoms with Gasteiger partial charge in [-0.05, 0) is 6.07 Å². The zero-order valence-electron chi connectivity index (χ0n) is 8.11. The summed E-state index contributed by atoms with van der Waals surface area (Å²) in [5.41, 5.74) is 0.582. The molecule has 0 aliphatic rings. The fraction of sp³-hybridized carbons (Fsp3) is 0.375. The summed E-state index contributed by atoms with van der Waals surface area (Å²) in [6, 6.07) is 3.25. The van der Waals surface area contributed by atoms with E-state index >= 15 is 0 Å². The molecule has 1 unspecified atom stereocenters. The Morgan fingerprint density at radius 1 is 1.71 bits per heavy atom. The van der Waals surface area contributed by atoms with Gasteiger partial charge in [-0.1, -0.05) is 6.92 Å². The zero-order chi connectivity index (χ0) is 10.6. The minimum atomic E-state index is -2.73. The van der Waals surface area contributed by atoms with E-state index in [1.807, 2.05) is 0 Å². The van der Waals surface area contributed by atoms with Crippen molar-refractivity contribution in [1.82, 2.24) is 4.98 Å². The summed E-state index contributed by atoms with van der Waals surface area (Å²) in [5, 5.41) is 0. The number of nitrogens with one attached hydrogen (secondary N) is 2. The molecule has 1 atom stereocenters. The number of aromatic nitrogens is 1. The summed E-state index contributed by atoms with van der Waals surface area (Å²) >= 11 is 0. The highest BCUT2D eigenvalue weighted by Crippen LogP contribution is 2.14. The lowest BCUT2D eigenvalue weighted by molar-refractivity contribution is 0.398. The van der Waals surface area contributed by atoms with Gasteiger partial charge in [0.1, 0.15) is 9.92 Å². The van der Waals surface area contributed by atoms with Crippen LogP contribution in [0.15, 0.2) is 18.3 Å². The standard InChI is InChI=1S/C8H13N3O2S/c1-3-14(9,12)11-7-4-5-10-8(6-7)13-2/h4-6H,3H2,1-2H3,(H2,9,10,11,12). The number of hydrogen-bond donors (Lipinski definition) is 2. The third kappa shape index (κ3) is 2.88. The highest BCUT2D eigenvalue weighted by molar-refractivity contribution is 7.93. The Hall–Kier alpha value is -1.30. The monoisotopic (exact) mass is 215 g/mol. The number of rotatable bonds is 4. The number of nitrogens with zero attached hydrogens (tertiary/aromatic N) is 1. The highest BCUT2D eigenvalue weighted by atomic mass is 32.2. The van der Waals surface area contributed by atoms with Gasteiger partial charge >= 0.3 is 0 Å². The second-order valence-corrected chi connectivity index (χ2v) is 4.78. The van der Waals surface area contributed by atoms with Gasteiger partial charge in [-0.25, -0.2) is 14.0 Å². The number of ether oxygens (including phenoxy) is 1. The summed E-state index contributed by atoms with van der Waals surface area (Å²) in [6.07, 6.45) is 1.53. The molecule has 0 radical (unpaired) electrons. The van der Waals surface area contributed by atoms with Crippen molar-refractivity contribution in [2.75, 3.05) is 17.6 Å². The Labute approximate surface area is 83.6 Å². The SMILES string of the molecule is CCS(=N)(=O)Nc1ccnc(OC)c1. The Balaban J connectivity index is 2.87. The van der Waals surface area contributed by atoms with Crippen molar-refractivity contribution in [3.05, 3.63) is 18.3 Å². The van der Waals surface area contributed by atoms with E-state index in [4.69, 9.17) is 9.52 Å². The second kappa shape index (κ2) is 4.28. The molecule has 2 N–H and O–H groups in total. The largest absolute Gasteiger partial charge is 0.481 e. The highest BCUT2D eigenvalue weighted by Gasteiger charge is 2.03. The quantitative estimate of drug-likeness (QED) is 0.798. The molecule has 1 aromatic rings.